The molecule has 24 heavy (non-hydrogen) atoms. The Kier molecular flexibility index (Phi) is 7.82. The minimum absolute atomic E-state index is 0.0481. The van der Waals surface area contributed by atoms with Crippen LogP contribution in [0.3, 0.4) is 0 Å². The molecule has 0 aromatic carbocycles. The Morgan fingerprint density at radius 1 is 0.792 bits per heavy atom. The summed E-state index contributed by atoms with van der Waals surface area (Å²) >= 11 is 21.9. The van der Waals surface area contributed by atoms with Gasteiger partial charge in [0.05, 0.1) is 18.3 Å². The van der Waals surface area contributed by atoms with Crippen LogP contribution in [0.2, 0.25) is 0 Å². The van der Waals surface area contributed by atoms with Gasteiger partial charge in [0.25, 0.3) is 0 Å². The van der Waals surface area contributed by atoms with Gasteiger partial charge in [-0.25, -0.2) is 0 Å². The zero-order valence-corrected chi connectivity index (χ0v) is 22.5. The van der Waals surface area contributed by atoms with Gasteiger partial charge in [-0.1, -0.05) is 95.6 Å². The molecule has 2 rings (SSSR count). The zero-order valence-electron chi connectivity index (χ0n) is 13.0. The van der Waals surface area contributed by atoms with Crippen molar-refractivity contribution < 1.29 is 9.47 Å². The fourth-order valence-corrected chi connectivity index (χ4v) is 5.26. The van der Waals surface area contributed by atoms with Crippen LogP contribution in [0, 0.1) is 0 Å². The maximum atomic E-state index is 5.89. The minimum Gasteiger partial charge on any atom is -0.493 e. The van der Waals surface area contributed by atoms with E-state index in [1.807, 2.05) is 24.3 Å². The smallest absolute Gasteiger partial charge is 0.122 e. The van der Waals surface area contributed by atoms with Crippen molar-refractivity contribution >= 4 is 95.6 Å². The van der Waals surface area contributed by atoms with Gasteiger partial charge in [0.1, 0.15) is 24.7 Å². The molecular formula is C16H16Br6O2. The monoisotopic (exact) mass is 714 g/mol. The molecule has 134 valence electrons. The second-order valence-electron chi connectivity index (χ2n) is 5.74. The topological polar surface area (TPSA) is 18.5 Å². The van der Waals surface area contributed by atoms with E-state index in [1.54, 1.807) is 0 Å². The summed E-state index contributed by atoms with van der Waals surface area (Å²) in [6.07, 6.45) is 7.93. The Morgan fingerprint density at radius 3 is 1.46 bits per heavy atom. The van der Waals surface area contributed by atoms with Gasteiger partial charge < -0.3 is 9.47 Å². The molecule has 0 heterocycles. The molecule has 0 aromatic rings. The molecule has 0 N–H and O–H groups in total. The third-order valence-corrected chi connectivity index (χ3v) is 12.8. The summed E-state index contributed by atoms with van der Waals surface area (Å²) in [7, 11) is 0. The molecule has 0 spiro atoms. The van der Waals surface area contributed by atoms with Crippen LogP contribution in [0.4, 0.5) is 0 Å². The number of ether oxygens (including phenoxy) is 2. The predicted octanol–water partition coefficient (Wildman–Crippen LogP) is 7.21. The standard InChI is InChI=1S/C16H16Br6O2/c1-15(21)11(17)5-3-9(13(15)19)23-7-8-24-10-4-6-12(18)16(2,22)14(10)20/h3-6,13-14H,7-8H2,1-2H3. The highest BCUT2D eigenvalue weighted by molar-refractivity contribution is 9.15. The van der Waals surface area contributed by atoms with Crippen molar-refractivity contribution in [2.24, 2.45) is 0 Å². The molecule has 0 radical (unpaired) electrons. The van der Waals surface area contributed by atoms with Crippen LogP contribution in [0.1, 0.15) is 13.8 Å². The summed E-state index contributed by atoms with van der Waals surface area (Å²) < 4.78 is 13.5. The molecule has 4 unspecified atom stereocenters. The van der Waals surface area contributed by atoms with Crippen molar-refractivity contribution in [1.29, 1.82) is 0 Å². The highest BCUT2D eigenvalue weighted by atomic mass is 79.9. The maximum Gasteiger partial charge on any atom is 0.122 e. The van der Waals surface area contributed by atoms with E-state index in [2.05, 4.69) is 109 Å². The van der Waals surface area contributed by atoms with Crippen molar-refractivity contribution in [1.82, 2.24) is 0 Å². The number of allylic oxidation sites excluding steroid dienone is 8. The van der Waals surface area contributed by atoms with E-state index in [1.165, 1.54) is 0 Å². The molecule has 2 nitrogen and oxygen atoms in total. The van der Waals surface area contributed by atoms with Gasteiger partial charge in [-0.15, -0.1) is 0 Å². The quantitative estimate of drug-likeness (QED) is 0.221. The molecule has 2 aliphatic carbocycles. The lowest BCUT2D eigenvalue weighted by Gasteiger charge is -2.33. The van der Waals surface area contributed by atoms with Crippen molar-refractivity contribution in [3.8, 4) is 0 Å². The Balaban J connectivity index is 1.88. The summed E-state index contributed by atoms with van der Waals surface area (Å²) in [6, 6.07) is 0. The highest BCUT2D eigenvalue weighted by Crippen LogP contribution is 2.45. The lowest BCUT2D eigenvalue weighted by atomic mass is 10.0. The molecule has 8 heteroatoms. The Morgan fingerprint density at radius 2 is 1.12 bits per heavy atom. The van der Waals surface area contributed by atoms with Gasteiger partial charge in [0.15, 0.2) is 0 Å². The lowest BCUT2D eigenvalue weighted by Crippen LogP contribution is -2.34. The summed E-state index contributed by atoms with van der Waals surface area (Å²) in [6.45, 7) is 5.12. The van der Waals surface area contributed by atoms with E-state index in [0.29, 0.717) is 13.2 Å². The zero-order chi connectivity index (χ0) is 18.1. The SMILES string of the molecule is CC1(Br)C(Br)=CC=C(OCCOC2=CC=C(Br)C(C)(Br)C2Br)C1Br. The minimum atomic E-state index is -0.223. The van der Waals surface area contributed by atoms with Crippen molar-refractivity contribution in [2.75, 3.05) is 13.2 Å². The molecule has 0 bridgehead atoms. The Bertz CT molecular complexity index is 564. The van der Waals surface area contributed by atoms with E-state index in [-0.39, 0.29) is 18.3 Å². The summed E-state index contributed by atoms with van der Waals surface area (Å²) in [5, 5.41) is 0. The van der Waals surface area contributed by atoms with Gasteiger partial charge in [-0.3, -0.25) is 0 Å². The van der Waals surface area contributed by atoms with E-state index in [0.717, 1.165) is 20.5 Å². The molecule has 0 fully saturated rings. The molecule has 2 aliphatic rings. The van der Waals surface area contributed by atoms with Crippen molar-refractivity contribution in [2.45, 2.75) is 32.2 Å². The van der Waals surface area contributed by atoms with Crippen LogP contribution < -0.4 is 0 Å². The fraction of sp³-hybridized carbons (Fsp3) is 0.500. The molecule has 0 saturated carbocycles. The van der Waals surface area contributed by atoms with Gasteiger partial charge in [-0.2, -0.15) is 0 Å². The number of hydrogen-bond donors (Lipinski definition) is 0. The molecule has 0 aromatic heterocycles. The van der Waals surface area contributed by atoms with Gasteiger partial charge in [-0.05, 0) is 38.2 Å². The van der Waals surface area contributed by atoms with Crippen LogP contribution in [0.5, 0.6) is 0 Å². The molecule has 0 amide bonds. The normalized spacial score (nSPS) is 36.3. The average Bonchev–Trinajstić information content (AvgIpc) is 2.52. The Hall–Kier alpha value is 1.44. The van der Waals surface area contributed by atoms with E-state index in [9.17, 15) is 0 Å². The van der Waals surface area contributed by atoms with Crippen LogP contribution in [0.25, 0.3) is 0 Å². The lowest BCUT2D eigenvalue weighted by molar-refractivity contribution is 0.110. The predicted molar refractivity (Wildman–Crippen MR) is 122 cm³/mol. The van der Waals surface area contributed by atoms with E-state index < -0.39 is 0 Å². The van der Waals surface area contributed by atoms with Gasteiger partial charge >= 0.3 is 0 Å². The highest BCUT2D eigenvalue weighted by Gasteiger charge is 2.39. The van der Waals surface area contributed by atoms with Crippen LogP contribution >= 0.6 is 95.6 Å². The Labute approximate surface area is 193 Å². The fourth-order valence-electron chi connectivity index (χ4n) is 2.14. The summed E-state index contributed by atoms with van der Waals surface area (Å²) in [5.74, 6) is 1.75. The number of alkyl halides is 4. The van der Waals surface area contributed by atoms with E-state index in [4.69, 9.17) is 9.47 Å². The second kappa shape index (κ2) is 8.63. The number of rotatable bonds is 5. The van der Waals surface area contributed by atoms with Gasteiger partial charge in [0, 0.05) is 8.96 Å². The van der Waals surface area contributed by atoms with Crippen molar-refractivity contribution in [3.63, 3.8) is 0 Å². The first kappa shape index (κ1) is 21.7. The second-order valence-corrected chi connectivity index (χ2v) is 12.6. The maximum absolute atomic E-state index is 5.89. The van der Waals surface area contributed by atoms with Crippen LogP contribution in [-0.2, 0) is 9.47 Å². The van der Waals surface area contributed by atoms with Crippen LogP contribution in [-0.4, -0.2) is 31.5 Å². The third-order valence-electron chi connectivity index (χ3n) is 3.79. The first-order valence-electron chi connectivity index (χ1n) is 7.15. The summed E-state index contributed by atoms with van der Waals surface area (Å²) in [5.41, 5.74) is 0. The van der Waals surface area contributed by atoms with Crippen LogP contribution in [0.15, 0.2) is 44.8 Å². The first-order chi connectivity index (χ1) is 11.1. The number of halogens is 6. The number of hydrogen-bond acceptors (Lipinski definition) is 2. The first-order valence-corrected chi connectivity index (χ1v) is 12.2. The third kappa shape index (κ3) is 4.64. The molecule has 0 aliphatic heterocycles. The molecular weight excluding hydrogens is 704 g/mol. The van der Waals surface area contributed by atoms with E-state index >= 15 is 0 Å². The molecule has 4 atom stereocenters. The van der Waals surface area contributed by atoms with Gasteiger partial charge in [0.2, 0.25) is 0 Å². The summed E-state index contributed by atoms with van der Waals surface area (Å²) in [4.78, 5) is 0.0961. The van der Waals surface area contributed by atoms with Crippen molar-refractivity contribution in [3.05, 3.63) is 44.8 Å². The average molecular weight is 720 g/mol. The largest absolute Gasteiger partial charge is 0.493 e. The molecule has 0 saturated heterocycles.